The summed E-state index contributed by atoms with van der Waals surface area (Å²) in [7, 11) is 0. The maximum atomic E-state index is 2.24. The number of rotatable bonds is 1. The summed E-state index contributed by atoms with van der Waals surface area (Å²) in [5.74, 6) is 0. The third kappa shape index (κ3) is 1.50. The van der Waals surface area contributed by atoms with Crippen LogP contribution >= 0.6 is 22.7 Å². The molecule has 2 aromatic heterocycles. The maximum Gasteiger partial charge on any atom is 0.0521 e. The average Bonchev–Trinajstić information content (AvgIpc) is 2.83. The van der Waals surface area contributed by atoms with E-state index in [0.29, 0.717) is 0 Å². The molecule has 3 aromatic rings. The Bertz CT molecular complexity index is 602. The van der Waals surface area contributed by atoms with Crippen LogP contribution in [0.5, 0.6) is 0 Å². The first kappa shape index (κ1) is 9.13. The van der Waals surface area contributed by atoms with E-state index >= 15 is 0 Å². The van der Waals surface area contributed by atoms with Gasteiger partial charge in [0.25, 0.3) is 0 Å². The molecule has 0 fully saturated rings. The highest BCUT2D eigenvalue weighted by molar-refractivity contribution is 7.22. The van der Waals surface area contributed by atoms with Crippen LogP contribution in [0.2, 0.25) is 0 Å². The van der Waals surface area contributed by atoms with Crippen LogP contribution in [0, 0.1) is 6.92 Å². The molecule has 1 aromatic carbocycles. The molecule has 2 heterocycles. The quantitative estimate of drug-likeness (QED) is 0.555. The van der Waals surface area contributed by atoms with Gasteiger partial charge in [-0.2, -0.15) is 0 Å². The number of benzene rings is 1. The van der Waals surface area contributed by atoms with E-state index in [0.717, 1.165) is 0 Å². The molecule has 2 heteroatoms. The largest absolute Gasteiger partial charge is 0.142 e. The fourth-order valence-electron chi connectivity index (χ4n) is 1.74. The number of thiophene rings is 2. The van der Waals surface area contributed by atoms with Gasteiger partial charge in [0.05, 0.1) is 4.88 Å². The average molecular weight is 230 g/mol. The van der Waals surface area contributed by atoms with Crippen molar-refractivity contribution in [3.05, 3.63) is 46.7 Å². The van der Waals surface area contributed by atoms with Gasteiger partial charge in [-0.3, -0.25) is 0 Å². The zero-order chi connectivity index (χ0) is 10.3. The topological polar surface area (TPSA) is 0 Å². The van der Waals surface area contributed by atoms with Crippen LogP contribution in [0.3, 0.4) is 0 Å². The van der Waals surface area contributed by atoms with Crippen molar-refractivity contribution in [3.8, 4) is 9.75 Å². The summed E-state index contributed by atoms with van der Waals surface area (Å²) in [6.45, 7) is 2.16. The van der Waals surface area contributed by atoms with Crippen LogP contribution in [0.1, 0.15) is 4.88 Å². The van der Waals surface area contributed by atoms with Crippen LogP contribution in [0.15, 0.2) is 41.8 Å². The van der Waals surface area contributed by atoms with E-state index in [1.165, 1.54) is 25.4 Å². The highest BCUT2D eigenvalue weighted by Crippen LogP contribution is 2.38. The van der Waals surface area contributed by atoms with Gasteiger partial charge in [-0.1, -0.05) is 24.3 Å². The van der Waals surface area contributed by atoms with E-state index < -0.39 is 0 Å². The summed E-state index contributed by atoms with van der Waals surface area (Å²) < 4.78 is 0. The van der Waals surface area contributed by atoms with Gasteiger partial charge in [-0.25, -0.2) is 0 Å². The molecule has 0 aliphatic carbocycles. The Kier molecular flexibility index (Phi) is 2.11. The molecule has 3 rings (SSSR count). The molecule has 0 N–H and O–H groups in total. The number of hydrogen-bond acceptors (Lipinski definition) is 2. The normalized spacial score (nSPS) is 11.0. The molecular formula is C13H10S2. The van der Waals surface area contributed by atoms with Gasteiger partial charge in [-0.05, 0) is 29.8 Å². The second-order valence-corrected chi connectivity index (χ2v) is 5.73. The molecule has 0 saturated heterocycles. The molecule has 15 heavy (non-hydrogen) atoms. The number of hydrogen-bond donors (Lipinski definition) is 0. The monoisotopic (exact) mass is 230 g/mol. The van der Waals surface area contributed by atoms with Gasteiger partial charge < -0.3 is 0 Å². The Balaban J connectivity index is 2.27. The van der Waals surface area contributed by atoms with E-state index in [-0.39, 0.29) is 0 Å². The standard InChI is InChI=1S/C13H10S2/c1-9-6-7-12(15-9)13-11-5-3-2-4-10(11)8-14-13/h2-8H,1H3. The van der Waals surface area contributed by atoms with Crippen molar-refractivity contribution >= 4 is 33.4 Å². The Morgan fingerprint density at radius 1 is 1.00 bits per heavy atom. The molecule has 0 aliphatic rings. The van der Waals surface area contributed by atoms with Crippen molar-refractivity contribution in [2.24, 2.45) is 0 Å². The zero-order valence-corrected chi connectivity index (χ0v) is 9.99. The van der Waals surface area contributed by atoms with E-state index in [2.05, 4.69) is 48.7 Å². The highest BCUT2D eigenvalue weighted by Gasteiger charge is 2.07. The first-order chi connectivity index (χ1) is 7.34. The Morgan fingerprint density at radius 3 is 2.67 bits per heavy atom. The summed E-state index contributed by atoms with van der Waals surface area (Å²) in [5, 5.41) is 4.97. The molecule has 74 valence electrons. The van der Waals surface area contributed by atoms with Crippen LogP contribution in [0.4, 0.5) is 0 Å². The van der Waals surface area contributed by atoms with E-state index in [4.69, 9.17) is 0 Å². The third-order valence-electron chi connectivity index (χ3n) is 2.47. The molecule has 0 saturated carbocycles. The lowest BCUT2D eigenvalue weighted by atomic mass is 10.2. The van der Waals surface area contributed by atoms with Crippen LogP contribution in [-0.2, 0) is 0 Å². The first-order valence-corrected chi connectivity index (χ1v) is 6.57. The second-order valence-electron chi connectivity index (χ2n) is 3.56. The lowest BCUT2D eigenvalue weighted by molar-refractivity contribution is 1.64. The summed E-state index contributed by atoms with van der Waals surface area (Å²) >= 11 is 3.71. The van der Waals surface area contributed by atoms with Crippen molar-refractivity contribution in [1.82, 2.24) is 0 Å². The molecular weight excluding hydrogens is 220 g/mol. The van der Waals surface area contributed by atoms with Crippen molar-refractivity contribution < 1.29 is 0 Å². The van der Waals surface area contributed by atoms with Gasteiger partial charge in [0.2, 0.25) is 0 Å². The predicted molar refractivity (Wildman–Crippen MR) is 69.9 cm³/mol. The molecule has 0 aliphatic heterocycles. The van der Waals surface area contributed by atoms with E-state index in [1.54, 1.807) is 0 Å². The van der Waals surface area contributed by atoms with Gasteiger partial charge in [0.1, 0.15) is 0 Å². The SMILES string of the molecule is Cc1ccc(-c2scc3ccccc23)s1. The van der Waals surface area contributed by atoms with Gasteiger partial charge in [-0.15, -0.1) is 22.7 Å². The Labute approximate surface area is 96.8 Å². The minimum absolute atomic E-state index is 1.35. The van der Waals surface area contributed by atoms with Crippen molar-refractivity contribution in [2.45, 2.75) is 6.92 Å². The highest BCUT2D eigenvalue weighted by atomic mass is 32.1. The molecule has 0 unspecified atom stereocenters. The Hall–Kier alpha value is -1.12. The molecule has 0 radical (unpaired) electrons. The minimum atomic E-state index is 1.35. The van der Waals surface area contributed by atoms with Crippen LogP contribution in [0.25, 0.3) is 20.5 Å². The van der Waals surface area contributed by atoms with Crippen LogP contribution < -0.4 is 0 Å². The van der Waals surface area contributed by atoms with Gasteiger partial charge in [0.15, 0.2) is 0 Å². The lowest BCUT2D eigenvalue weighted by Crippen LogP contribution is -1.66. The zero-order valence-electron chi connectivity index (χ0n) is 8.36. The summed E-state index contributed by atoms with van der Waals surface area (Å²) in [6, 6.07) is 13.0. The summed E-state index contributed by atoms with van der Waals surface area (Å²) in [4.78, 5) is 4.17. The maximum absolute atomic E-state index is 2.24. The predicted octanol–water partition coefficient (Wildman–Crippen LogP) is 4.94. The molecule has 0 amide bonds. The van der Waals surface area contributed by atoms with Gasteiger partial charge >= 0.3 is 0 Å². The number of aryl methyl sites for hydroxylation is 1. The fourth-order valence-corrected chi connectivity index (χ4v) is 3.78. The number of fused-ring (bicyclic) bond motifs is 1. The fraction of sp³-hybridized carbons (Fsp3) is 0.0769. The summed E-state index contributed by atoms with van der Waals surface area (Å²) in [6.07, 6.45) is 0. The van der Waals surface area contributed by atoms with Crippen LogP contribution in [-0.4, -0.2) is 0 Å². The lowest BCUT2D eigenvalue weighted by Gasteiger charge is -1.93. The smallest absolute Gasteiger partial charge is 0.0521 e. The molecule has 0 spiro atoms. The Morgan fingerprint density at radius 2 is 1.87 bits per heavy atom. The molecule has 0 atom stereocenters. The third-order valence-corrected chi connectivity index (χ3v) is 4.67. The first-order valence-electron chi connectivity index (χ1n) is 4.87. The summed E-state index contributed by atoms with van der Waals surface area (Å²) in [5.41, 5.74) is 0. The van der Waals surface area contributed by atoms with Crippen molar-refractivity contribution in [2.75, 3.05) is 0 Å². The van der Waals surface area contributed by atoms with Gasteiger partial charge in [0, 0.05) is 15.1 Å². The van der Waals surface area contributed by atoms with Crippen molar-refractivity contribution in [1.29, 1.82) is 0 Å². The van der Waals surface area contributed by atoms with E-state index in [9.17, 15) is 0 Å². The molecule has 0 nitrogen and oxygen atoms in total. The minimum Gasteiger partial charge on any atom is -0.142 e. The molecule has 0 bridgehead atoms. The van der Waals surface area contributed by atoms with Crippen molar-refractivity contribution in [3.63, 3.8) is 0 Å². The van der Waals surface area contributed by atoms with E-state index in [1.807, 2.05) is 22.7 Å². The second kappa shape index (κ2) is 3.47.